The number of H-pyrrole nitrogens is 1. The Balaban J connectivity index is 2.07. The van der Waals surface area contributed by atoms with E-state index in [-0.39, 0.29) is 5.41 Å². The highest BCUT2D eigenvalue weighted by molar-refractivity contribution is 9.10. The molecule has 0 bridgehead atoms. The summed E-state index contributed by atoms with van der Waals surface area (Å²) in [5.74, 6) is 0.729. The van der Waals surface area contributed by atoms with Crippen LogP contribution < -0.4 is 0 Å². The second-order valence-electron chi connectivity index (χ2n) is 7.30. The zero-order valence-electron chi connectivity index (χ0n) is 14.1. The number of aromatic nitrogens is 2. The lowest BCUT2D eigenvalue weighted by molar-refractivity contribution is 0.0217. The molecular formula is C18H22BrN3O2. The van der Waals surface area contributed by atoms with Crippen molar-refractivity contribution in [3.8, 4) is 11.3 Å². The number of imidazole rings is 1. The van der Waals surface area contributed by atoms with Crippen LogP contribution in [0.3, 0.4) is 0 Å². The zero-order valence-corrected chi connectivity index (χ0v) is 15.7. The van der Waals surface area contributed by atoms with E-state index in [2.05, 4.69) is 46.7 Å². The van der Waals surface area contributed by atoms with Gasteiger partial charge in [-0.05, 0) is 36.0 Å². The number of nitrogens with one attached hydrogen (secondary N) is 1. The third-order valence-corrected chi connectivity index (χ3v) is 5.50. The molecule has 1 fully saturated rings. The molecule has 2 N–H and O–H groups in total. The minimum absolute atomic E-state index is 0.267. The lowest BCUT2D eigenvalue weighted by Gasteiger charge is -2.45. The number of likely N-dealkylation sites (tertiary alicyclic amines) is 1. The van der Waals surface area contributed by atoms with E-state index in [1.807, 2.05) is 24.3 Å². The monoisotopic (exact) mass is 391 g/mol. The van der Waals surface area contributed by atoms with Crippen LogP contribution in [0.5, 0.6) is 0 Å². The minimum atomic E-state index is -0.885. The lowest BCUT2D eigenvalue weighted by Crippen LogP contribution is -2.53. The van der Waals surface area contributed by atoms with Gasteiger partial charge in [0, 0.05) is 11.0 Å². The Kier molecular flexibility index (Phi) is 4.20. The van der Waals surface area contributed by atoms with Gasteiger partial charge in [-0.3, -0.25) is 4.90 Å². The van der Waals surface area contributed by atoms with Crippen LogP contribution in [0.4, 0.5) is 4.79 Å². The smallest absolute Gasteiger partial charge is 0.408 e. The number of benzene rings is 1. The Morgan fingerprint density at radius 3 is 2.58 bits per heavy atom. The molecular weight excluding hydrogens is 370 g/mol. The maximum atomic E-state index is 11.8. The Morgan fingerprint density at radius 1 is 1.33 bits per heavy atom. The van der Waals surface area contributed by atoms with Crippen molar-refractivity contribution in [3.05, 3.63) is 40.8 Å². The van der Waals surface area contributed by atoms with Crippen LogP contribution in [0.2, 0.25) is 0 Å². The van der Waals surface area contributed by atoms with Crippen LogP contribution in [0.15, 0.2) is 34.9 Å². The largest absolute Gasteiger partial charge is 0.465 e. The zero-order chi connectivity index (χ0) is 17.5. The van der Waals surface area contributed by atoms with Gasteiger partial charge in [0.1, 0.15) is 11.4 Å². The minimum Gasteiger partial charge on any atom is -0.465 e. The summed E-state index contributed by atoms with van der Waals surface area (Å²) in [6.07, 6.45) is 2.53. The quantitative estimate of drug-likeness (QED) is 0.767. The first-order valence-electron chi connectivity index (χ1n) is 8.08. The van der Waals surface area contributed by atoms with Crippen LogP contribution >= 0.6 is 15.9 Å². The molecule has 2 aromatic rings. The van der Waals surface area contributed by atoms with Crippen molar-refractivity contribution in [2.45, 2.75) is 39.2 Å². The lowest BCUT2D eigenvalue weighted by atomic mass is 9.71. The van der Waals surface area contributed by atoms with E-state index in [9.17, 15) is 9.90 Å². The molecule has 0 saturated carbocycles. The van der Waals surface area contributed by atoms with Crippen LogP contribution in [-0.4, -0.2) is 32.6 Å². The number of carboxylic acid groups (broad SMARTS) is 1. The van der Waals surface area contributed by atoms with E-state index < -0.39 is 11.6 Å². The number of aromatic amines is 1. The van der Waals surface area contributed by atoms with E-state index in [1.165, 1.54) is 0 Å². The molecule has 1 aromatic carbocycles. The van der Waals surface area contributed by atoms with Crippen molar-refractivity contribution < 1.29 is 9.90 Å². The summed E-state index contributed by atoms with van der Waals surface area (Å²) in [4.78, 5) is 21.4. The van der Waals surface area contributed by atoms with Crippen molar-refractivity contribution in [1.82, 2.24) is 14.9 Å². The van der Waals surface area contributed by atoms with Gasteiger partial charge in [-0.2, -0.15) is 0 Å². The molecule has 1 saturated heterocycles. The van der Waals surface area contributed by atoms with Crippen molar-refractivity contribution in [2.75, 3.05) is 6.54 Å². The fourth-order valence-corrected chi connectivity index (χ4v) is 4.03. The first-order chi connectivity index (χ1) is 11.3. The summed E-state index contributed by atoms with van der Waals surface area (Å²) in [7, 11) is 0. The molecule has 1 unspecified atom stereocenters. The predicted molar refractivity (Wildman–Crippen MR) is 96.8 cm³/mol. The number of hydrogen-bond acceptors (Lipinski definition) is 2. The molecule has 1 aliphatic rings. The van der Waals surface area contributed by atoms with Gasteiger partial charge in [-0.15, -0.1) is 0 Å². The van der Waals surface area contributed by atoms with Gasteiger partial charge < -0.3 is 10.1 Å². The highest BCUT2D eigenvalue weighted by Gasteiger charge is 2.55. The number of hydrogen-bond donors (Lipinski definition) is 2. The van der Waals surface area contributed by atoms with E-state index in [0.717, 1.165) is 34.4 Å². The normalized spacial score (nSPS) is 21.2. The third-order valence-electron chi connectivity index (χ3n) is 4.98. The molecule has 6 heteroatoms. The van der Waals surface area contributed by atoms with Gasteiger partial charge in [0.05, 0.1) is 11.9 Å². The Hall–Kier alpha value is -1.82. The van der Waals surface area contributed by atoms with Crippen molar-refractivity contribution in [2.24, 2.45) is 5.41 Å². The molecule has 3 rings (SSSR count). The standard InChI is InChI=1S/C18H22BrN3O2/c1-17(2,3)18(9-4-10-22(18)16(23)24)15-20-11-14(21-15)12-5-7-13(19)8-6-12/h5-8,11H,4,9-10H2,1-3H3,(H,20,21)(H,23,24). The van der Waals surface area contributed by atoms with Crippen molar-refractivity contribution >= 4 is 22.0 Å². The maximum Gasteiger partial charge on any atom is 0.408 e. The molecule has 128 valence electrons. The van der Waals surface area contributed by atoms with E-state index in [4.69, 9.17) is 0 Å². The summed E-state index contributed by atoms with van der Waals surface area (Å²) < 4.78 is 1.02. The number of nitrogens with zero attached hydrogens (tertiary/aromatic N) is 2. The molecule has 1 aromatic heterocycles. The molecule has 5 nitrogen and oxygen atoms in total. The summed E-state index contributed by atoms with van der Waals surface area (Å²) >= 11 is 3.44. The molecule has 1 atom stereocenters. The Labute approximate surface area is 150 Å². The third kappa shape index (κ3) is 2.62. The second-order valence-corrected chi connectivity index (χ2v) is 8.22. The molecule has 1 amide bonds. The Morgan fingerprint density at radius 2 is 2.00 bits per heavy atom. The van der Waals surface area contributed by atoms with Gasteiger partial charge in [-0.1, -0.05) is 48.8 Å². The summed E-state index contributed by atoms with van der Waals surface area (Å²) in [6.45, 7) is 6.78. The van der Waals surface area contributed by atoms with E-state index in [0.29, 0.717) is 6.54 Å². The molecule has 1 aliphatic heterocycles. The fraction of sp³-hybridized carbons (Fsp3) is 0.444. The summed E-state index contributed by atoms with van der Waals surface area (Å²) in [6, 6.07) is 7.98. The number of amides is 1. The first kappa shape index (κ1) is 17.0. The van der Waals surface area contributed by atoms with Gasteiger partial charge >= 0.3 is 6.09 Å². The molecule has 0 radical (unpaired) electrons. The molecule has 2 heterocycles. The fourth-order valence-electron chi connectivity index (χ4n) is 3.77. The number of halogens is 1. The summed E-state index contributed by atoms with van der Waals surface area (Å²) in [5, 5.41) is 9.71. The topological polar surface area (TPSA) is 69.2 Å². The van der Waals surface area contributed by atoms with Gasteiger partial charge in [0.15, 0.2) is 0 Å². The van der Waals surface area contributed by atoms with Crippen LogP contribution in [0.25, 0.3) is 11.3 Å². The average molecular weight is 392 g/mol. The first-order valence-corrected chi connectivity index (χ1v) is 8.87. The van der Waals surface area contributed by atoms with Crippen LogP contribution in [0, 0.1) is 5.41 Å². The highest BCUT2D eigenvalue weighted by Crippen LogP contribution is 2.50. The van der Waals surface area contributed by atoms with E-state index in [1.54, 1.807) is 11.1 Å². The van der Waals surface area contributed by atoms with Crippen LogP contribution in [0.1, 0.15) is 39.4 Å². The van der Waals surface area contributed by atoms with Crippen molar-refractivity contribution in [3.63, 3.8) is 0 Å². The van der Waals surface area contributed by atoms with Gasteiger partial charge in [0.25, 0.3) is 0 Å². The molecule has 24 heavy (non-hydrogen) atoms. The highest BCUT2D eigenvalue weighted by atomic mass is 79.9. The van der Waals surface area contributed by atoms with E-state index >= 15 is 0 Å². The summed E-state index contributed by atoms with van der Waals surface area (Å²) in [5.41, 5.74) is 1.03. The second kappa shape index (κ2) is 5.92. The van der Waals surface area contributed by atoms with Crippen molar-refractivity contribution in [1.29, 1.82) is 0 Å². The molecule has 0 aliphatic carbocycles. The number of rotatable bonds is 2. The van der Waals surface area contributed by atoms with Gasteiger partial charge in [-0.25, -0.2) is 9.78 Å². The maximum absolute atomic E-state index is 11.8. The molecule has 0 spiro atoms. The van der Waals surface area contributed by atoms with Gasteiger partial charge in [0.2, 0.25) is 0 Å². The average Bonchev–Trinajstić information content (AvgIpc) is 3.14. The van der Waals surface area contributed by atoms with Crippen LogP contribution in [-0.2, 0) is 5.54 Å². The SMILES string of the molecule is CC(C)(C)C1(c2ncc(-c3ccc(Br)cc3)[nH]2)CCCN1C(=O)O. The Bertz CT molecular complexity index is 748. The predicted octanol–water partition coefficient (Wildman–Crippen LogP) is 4.85. The number of carbonyl (C=O) groups is 1.